The minimum atomic E-state index is -4.87. The van der Waals surface area contributed by atoms with E-state index in [0.29, 0.717) is 50.5 Å². The molecule has 0 amide bonds. The monoisotopic (exact) mass is 725 g/mol. The number of hydrazone groups is 1. The van der Waals surface area contributed by atoms with Crippen LogP contribution >= 0.6 is 0 Å². The molecule has 0 aliphatic heterocycles. The molecule has 1 aliphatic rings. The summed E-state index contributed by atoms with van der Waals surface area (Å²) in [4.78, 5) is 12.5. The van der Waals surface area contributed by atoms with Gasteiger partial charge in [-0.2, -0.15) is 32.2 Å². The summed E-state index contributed by atoms with van der Waals surface area (Å²) in [5.74, 6) is -0.794. The minimum Gasteiger partial charge on any atom is -0.398 e. The summed E-state index contributed by atoms with van der Waals surface area (Å²) in [5, 5.41) is 21.7. The largest absolute Gasteiger partial charge is 0.398 e. The van der Waals surface area contributed by atoms with E-state index in [2.05, 4.69) is 31.0 Å². The lowest BCUT2D eigenvalue weighted by atomic mass is 9.94. The van der Waals surface area contributed by atoms with Crippen molar-refractivity contribution in [2.24, 2.45) is 25.6 Å². The third-order valence-corrected chi connectivity index (χ3v) is 9.55. The van der Waals surface area contributed by atoms with Crippen LogP contribution in [0.2, 0.25) is 0 Å². The molecule has 0 fully saturated rings. The maximum absolute atomic E-state index is 13.5. The number of fused-ring (bicyclic) bond motifs is 2. The Morgan fingerprint density at radius 3 is 2.02 bits per heavy atom. The zero-order chi connectivity index (χ0) is 36.7. The van der Waals surface area contributed by atoms with Crippen LogP contribution < -0.4 is 22.6 Å². The number of benzene rings is 5. The van der Waals surface area contributed by atoms with Crippen molar-refractivity contribution in [1.82, 2.24) is 0 Å². The quantitative estimate of drug-likeness (QED) is 0.0415. The normalized spacial score (nSPS) is 14.4. The highest BCUT2D eigenvalue weighted by Crippen LogP contribution is 2.35. The molecule has 0 radical (unpaired) electrons. The Morgan fingerprint density at radius 2 is 1.31 bits per heavy atom. The van der Waals surface area contributed by atoms with Gasteiger partial charge in [0.15, 0.2) is 5.71 Å². The number of nitrogens with zero attached hydrogens (tertiary/aromatic N) is 5. The first-order chi connectivity index (χ1) is 24.1. The first-order valence-corrected chi connectivity index (χ1v) is 17.6. The topological polar surface area (TPSA) is 278 Å². The van der Waals surface area contributed by atoms with E-state index < -0.39 is 36.6 Å². The molecule has 0 bridgehead atoms. The fourth-order valence-corrected chi connectivity index (χ4v) is 6.19. The summed E-state index contributed by atoms with van der Waals surface area (Å²) in [6.45, 7) is 1.74. The molecule has 0 atom stereocenters. The zero-order valence-electron chi connectivity index (χ0n) is 26.4. The van der Waals surface area contributed by atoms with Crippen LogP contribution in [-0.4, -0.2) is 37.4 Å². The molecule has 0 saturated carbocycles. The number of carbonyl (C=O) groups is 1. The molecule has 1 aliphatic carbocycles. The molecule has 9 N–H and O–H groups in total. The van der Waals surface area contributed by atoms with E-state index in [0.717, 1.165) is 6.08 Å². The van der Waals surface area contributed by atoms with Crippen LogP contribution in [-0.2, 0) is 20.2 Å². The number of nitrogens with two attached hydrogens (primary N) is 3. The van der Waals surface area contributed by atoms with Crippen LogP contribution in [0, 0.1) is 6.92 Å². The third kappa shape index (κ3) is 7.19. The van der Waals surface area contributed by atoms with Crippen molar-refractivity contribution in [1.29, 1.82) is 0 Å². The second-order valence-corrected chi connectivity index (χ2v) is 14.0. The maximum Gasteiger partial charge on any atom is 0.296 e. The average Bonchev–Trinajstić information content (AvgIpc) is 3.09. The number of hydrogen-bond acceptors (Lipinski definition) is 14. The SMILES string of the molecule is Cc1c(N)ccc(N=Nc2ccc3c(c2)C(=O)/C(=N/Nc2ccc(N=Nc4ccc(N)c5cc(S(=O)(=O)O)ccc45)cc2)C(S(=O)(=O)O)=C3)c1N. The Bertz CT molecular complexity index is 2620. The molecule has 258 valence electrons. The Hall–Kier alpha value is -6.34. The predicted octanol–water partition coefficient (Wildman–Crippen LogP) is 6.87. The minimum absolute atomic E-state index is 0.0704. The summed E-state index contributed by atoms with van der Waals surface area (Å²) >= 11 is 0. The van der Waals surface area contributed by atoms with Crippen molar-refractivity contribution in [2.75, 3.05) is 22.6 Å². The fraction of sp³-hybridized carbons (Fsp3) is 0.0303. The van der Waals surface area contributed by atoms with Crippen LogP contribution in [0.15, 0.2) is 120 Å². The second-order valence-electron chi connectivity index (χ2n) is 11.2. The first kappa shape index (κ1) is 34.5. The van der Waals surface area contributed by atoms with Gasteiger partial charge in [0.25, 0.3) is 20.2 Å². The smallest absolute Gasteiger partial charge is 0.296 e. The van der Waals surface area contributed by atoms with E-state index in [9.17, 15) is 30.7 Å². The predicted molar refractivity (Wildman–Crippen MR) is 194 cm³/mol. The van der Waals surface area contributed by atoms with Gasteiger partial charge in [0.05, 0.1) is 33.3 Å². The molecule has 0 aromatic heterocycles. The Morgan fingerprint density at radius 1 is 0.667 bits per heavy atom. The van der Waals surface area contributed by atoms with Crippen molar-refractivity contribution >= 4 is 94.1 Å². The molecule has 5 aromatic carbocycles. The highest BCUT2D eigenvalue weighted by atomic mass is 32.2. The standard InChI is InChI=1S/C33H27N9O7S2/c1-17-26(34)10-13-29(31(17)36)41-39-21-3-2-18-14-30(51(47,48)49)32(33(43)24(18)15-21)42-38-20-6-4-19(5-7-20)37-40-28-12-11-27(35)25-16-22(50(44,45)46)8-9-23(25)28/h2-16,38H,34-36H2,1H3,(H,44,45,46)(H,47,48,49)/b40-37?,41-39?,42-32+. The molecule has 5 aromatic rings. The number of allylic oxidation sites excluding steroid dienone is 1. The number of azo groups is 2. The van der Waals surface area contributed by atoms with Gasteiger partial charge in [-0.05, 0) is 96.9 Å². The van der Waals surface area contributed by atoms with Crippen molar-refractivity contribution in [3.63, 3.8) is 0 Å². The third-order valence-electron chi connectivity index (χ3n) is 7.84. The second kappa shape index (κ2) is 13.2. The van der Waals surface area contributed by atoms with Gasteiger partial charge in [-0.15, -0.1) is 10.2 Å². The van der Waals surface area contributed by atoms with Crippen molar-refractivity contribution < 1.29 is 30.7 Å². The summed E-state index contributed by atoms with van der Waals surface area (Å²) in [5.41, 5.74) is 23.9. The Labute approximate surface area is 290 Å². The molecule has 16 nitrogen and oxygen atoms in total. The van der Waals surface area contributed by atoms with Gasteiger partial charge in [-0.3, -0.25) is 19.3 Å². The highest BCUT2D eigenvalue weighted by Gasteiger charge is 2.33. The Balaban J connectivity index is 1.24. The number of hydrogen-bond donors (Lipinski definition) is 6. The highest BCUT2D eigenvalue weighted by molar-refractivity contribution is 7.91. The van der Waals surface area contributed by atoms with Gasteiger partial charge in [0, 0.05) is 27.7 Å². The van der Waals surface area contributed by atoms with Gasteiger partial charge < -0.3 is 17.2 Å². The van der Waals surface area contributed by atoms with Gasteiger partial charge in [0.2, 0.25) is 5.78 Å². The van der Waals surface area contributed by atoms with E-state index >= 15 is 0 Å². The van der Waals surface area contributed by atoms with Crippen molar-refractivity contribution in [2.45, 2.75) is 11.8 Å². The first-order valence-electron chi connectivity index (χ1n) is 14.7. The number of rotatable bonds is 8. The lowest BCUT2D eigenvalue weighted by Crippen LogP contribution is -2.27. The molecule has 0 spiro atoms. The summed E-state index contributed by atoms with van der Waals surface area (Å²) in [7, 11) is -9.31. The molecule has 0 heterocycles. The van der Waals surface area contributed by atoms with Gasteiger partial charge in [-0.1, -0.05) is 12.1 Å². The fourth-order valence-electron chi connectivity index (χ4n) is 5.03. The van der Waals surface area contributed by atoms with Crippen molar-refractivity contribution in [3.8, 4) is 0 Å². The van der Waals surface area contributed by atoms with Crippen LogP contribution in [0.3, 0.4) is 0 Å². The van der Waals surface area contributed by atoms with E-state index in [1.165, 1.54) is 42.5 Å². The van der Waals surface area contributed by atoms with Gasteiger partial charge in [0.1, 0.15) is 10.6 Å². The summed E-state index contributed by atoms with van der Waals surface area (Å²) in [6, 6.07) is 20.9. The lowest BCUT2D eigenvalue weighted by molar-refractivity contribution is 0.106. The number of nitrogens with one attached hydrogen (secondary N) is 1. The molecule has 0 unspecified atom stereocenters. The van der Waals surface area contributed by atoms with Crippen LogP contribution in [0.1, 0.15) is 21.5 Å². The lowest BCUT2D eigenvalue weighted by Gasteiger charge is -2.16. The van der Waals surface area contributed by atoms with Gasteiger partial charge in [-0.25, -0.2) is 0 Å². The number of carbonyl (C=O) groups excluding carboxylic acids is 1. The maximum atomic E-state index is 13.5. The number of ketones is 1. The molecule has 18 heteroatoms. The van der Waals surface area contributed by atoms with E-state index in [-0.39, 0.29) is 27.4 Å². The van der Waals surface area contributed by atoms with Crippen LogP contribution in [0.4, 0.5) is 45.5 Å². The molecular formula is C33H27N9O7S2. The summed E-state index contributed by atoms with van der Waals surface area (Å²) < 4.78 is 67.0. The molecular weight excluding hydrogens is 699 g/mol. The van der Waals surface area contributed by atoms with Crippen LogP contribution in [0.5, 0.6) is 0 Å². The molecule has 0 saturated heterocycles. The number of nitrogen functional groups attached to an aromatic ring is 3. The molecule has 6 rings (SSSR count). The number of Topliss-reactive ketones (excluding diaryl/α,β-unsaturated/α-hetero) is 1. The van der Waals surface area contributed by atoms with Gasteiger partial charge >= 0.3 is 0 Å². The van der Waals surface area contributed by atoms with E-state index in [4.69, 9.17) is 17.2 Å². The van der Waals surface area contributed by atoms with E-state index in [1.54, 1.807) is 49.4 Å². The zero-order valence-corrected chi connectivity index (χ0v) is 28.0. The average molecular weight is 726 g/mol. The van der Waals surface area contributed by atoms with Crippen molar-refractivity contribution in [3.05, 3.63) is 107 Å². The van der Waals surface area contributed by atoms with Crippen LogP contribution in [0.25, 0.3) is 16.8 Å². The summed E-state index contributed by atoms with van der Waals surface area (Å²) in [6.07, 6.45) is 1.13. The van der Waals surface area contributed by atoms with E-state index in [1.807, 2.05) is 0 Å². The molecule has 51 heavy (non-hydrogen) atoms. The number of anilines is 4. The Kier molecular flexibility index (Phi) is 8.92.